The van der Waals surface area contributed by atoms with Crippen LogP contribution in [-0.2, 0) is 16.2 Å². The molecule has 1 aromatic carbocycles. The van der Waals surface area contributed by atoms with Crippen LogP contribution in [-0.4, -0.2) is 38.4 Å². The zero-order valence-electron chi connectivity index (χ0n) is 11.2. The summed E-state index contributed by atoms with van der Waals surface area (Å²) in [6.45, 7) is 2.54. The highest BCUT2D eigenvalue weighted by Gasteiger charge is 2.39. The Balaban J connectivity index is 0.00000220. The van der Waals surface area contributed by atoms with Crippen LogP contribution in [0.1, 0.15) is 12.5 Å². The van der Waals surface area contributed by atoms with E-state index in [9.17, 15) is 21.6 Å². The van der Waals surface area contributed by atoms with E-state index < -0.39 is 26.7 Å². The molecule has 0 spiro atoms. The van der Waals surface area contributed by atoms with Crippen molar-refractivity contribution in [3.8, 4) is 0 Å². The Bertz CT molecular complexity index is 592. The second-order valence-corrected chi connectivity index (χ2v) is 6.62. The van der Waals surface area contributed by atoms with E-state index in [0.717, 1.165) is 16.4 Å². The lowest BCUT2D eigenvalue weighted by Crippen LogP contribution is -2.51. The molecule has 0 aliphatic carbocycles. The predicted octanol–water partition coefficient (Wildman–Crippen LogP) is 2.11. The number of piperazine rings is 1. The Hall–Kier alpha value is -0.830. The SMILES string of the molecule is C[C@H]1CN(S(=O)(=O)c2ccccc2C(F)(F)F)CCN1.Cl. The lowest BCUT2D eigenvalue weighted by Gasteiger charge is -2.31. The van der Waals surface area contributed by atoms with Crippen molar-refractivity contribution in [2.45, 2.75) is 24.0 Å². The van der Waals surface area contributed by atoms with Gasteiger partial charge in [0.1, 0.15) is 0 Å². The third kappa shape index (κ3) is 3.88. The number of benzene rings is 1. The highest BCUT2D eigenvalue weighted by molar-refractivity contribution is 7.89. The monoisotopic (exact) mass is 344 g/mol. The quantitative estimate of drug-likeness (QED) is 0.894. The molecule has 0 aromatic heterocycles. The van der Waals surface area contributed by atoms with Gasteiger partial charge in [0.05, 0.1) is 10.5 Å². The van der Waals surface area contributed by atoms with Crippen LogP contribution < -0.4 is 5.32 Å². The average molecular weight is 345 g/mol. The van der Waals surface area contributed by atoms with Crippen LogP contribution in [0, 0.1) is 0 Å². The van der Waals surface area contributed by atoms with Gasteiger partial charge in [0.25, 0.3) is 0 Å². The van der Waals surface area contributed by atoms with Crippen molar-refractivity contribution >= 4 is 22.4 Å². The molecule has 120 valence electrons. The van der Waals surface area contributed by atoms with E-state index in [1.165, 1.54) is 12.1 Å². The molecular weight excluding hydrogens is 329 g/mol. The third-order valence-electron chi connectivity index (χ3n) is 3.14. The molecule has 0 bridgehead atoms. The first-order valence-electron chi connectivity index (χ1n) is 6.12. The average Bonchev–Trinajstić information content (AvgIpc) is 2.38. The molecule has 4 nitrogen and oxygen atoms in total. The molecule has 1 fully saturated rings. The van der Waals surface area contributed by atoms with E-state index in [2.05, 4.69) is 5.32 Å². The molecule has 1 aromatic rings. The predicted molar refractivity (Wildman–Crippen MR) is 74.9 cm³/mol. The van der Waals surface area contributed by atoms with Crippen molar-refractivity contribution in [2.24, 2.45) is 0 Å². The minimum Gasteiger partial charge on any atom is -0.312 e. The number of halogens is 4. The number of hydrogen-bond acceptors (Lipinski definition) is 3. The van der Waals surface area contributed by atoms with Crippen LogP contribution in [0.2, 0.25) is 0 Å². The summed E-state index contributed by atoms with van der Waals surface area (Å²) in [6.07, 6.45) is -4.69. The van der Waals surface area contributed by atoms with Gasteiger partial charge in [-0.15, -0.1) is 12.4 Å². The fourth-order valence-electron chi connectivity index (χ4n) is 2.18. The standard InChI is InChI=1S/C12H15F3N2O2S.ClH/c1-9-8-17(7-6-16-9)20(18,19)11-5-3-2-4-10(11)12(13,14)15;/h2-5,9,16H,6-8H2,1H3;1H/t9-;/m0./s1. The van der Waals surface area contributed by atoms with Gasteiger partial charge < -0.3 is 5.32 Å². The largest absolute Gasteiger partial charge is 0.417 e. The first-order valence-corrected chi connectivity index (χ1v) is 7.56. The van der Waals surface area contributed by atoms with E-state index in [4.69, 9.17) is 0 Å². The van der Waals surface area contributed by atoms with Crippen molar-refractivity contribution in [3.63, 3.8) is 0 Å². The first kappa shape index (κ1) is 18.2. The van der Waals surface area contributed by atoms with Crippen molar-refractivity contribution in [2.75, 3.05) is 19.6 Å². The normalized spacial score (nSPS) is 20.9. The molecule has 2 rings (SSSR count). The molecule has 0 radical (unpaired) electrons. The summed E-state index contributed by atoms with van der Waals surface area (Å²) in [7, 11) is -4.14. The molecule has 0 unspecified atom stereocenters. The second kappa shape index (κ2) is 6.51. The Morgan fingerprint density at radius 3 is 2.48 bits per heavy atom. The summed E-state index contributed by atoms with van der Waals surface area (Å²) in [5.74, 6) is 0. The van der Waals surface area contributed by atoms with Crippen LogP contribution in [0.25, 0.3) is 0 Å². The van der Waals surface area contributed by atoms with Gasteiger partial charge in [-0.2, -0.15) is 17.5 Å². The number of alkyl halides is 3. The van der Waals surface area contributed by atoms with Crippen LogP contribution in [0.5, 0.6) is 0 Å². The first-order chi connectivity index (χ1) is 9.23. The van der Waals surface area contributed by atoms with Gasteiger partial charge >= 0.3 is 6.18 Å². The number of nitrogens with zero attached hydrogens (tertiary/aromatic N) is 1. The van der Waals surface area contributed by atoms with Crippen LogP contribution in [0.3, 0.4) is 0 Å². The topological polar surface area (TPSA) is 49.4 Å². The third-order valence-corrected chi connectivity index (χ3v) is 5.07. The van der Waals surface area contributed by atoms with Crippen molar-refractivity contribution in [1.82, 2.24) is 9.62 Å². The van der Waals surface area contributed by atoms with E-state index in [1.807, 2.05) is 0 Å². The number of rotatable bonds is 2. The molecule has 1 aliphatic rings. The molecule has 0 saturated carbocycles. The number of nitrogens with one attached hydrogen (secondary N) is 1. The zero-order chi connectivity index (χ0) is 15.0. The number of hydrogen-bond donors (Lipinski definition) is 1. The summed E-state index contributed by atoms with van der Waals surface area (Å²) in [5.41, 5.74) is -1.12. The number of sulfonamides is 1. The van der Waals surface area contributed by atoms with Gasteiger partial charge in [-0.05, 0) is 19.1 Å². The van der Waals surface area contributed by atoms with Gasteiger partial charge in [-0.1, -0.05) is 12.1 Å². The summed E-state index contributed by atoms with van der Waals surface area (Å²) < 4.78 is 64.7. The van der Waals surface area contributed by atoms with Crippen molar-refractivity contribution < 1.29 is 21.6 Å². The van der Waals surface area contributed by atoms with E-state index in [0.29, 0.717) is 6.54 Å². The van der Waals surface area contributed by atoms with Crippen molar-refractivity contribution in [1.29, 1.82) is 0 Å². The Labute approximate surface area is 127 Å². The molecule has 1 heterocycles. The van der Waals surface area contributed by atoms with Gasteiger partial charge in [0, 0.05) is 25.7 Å². The maximum Gasteiger partial charge on any atom is 0.417 e. The summed E-state index contributed by atoms with van der Waals surface area (Å²) in [4.78, 5) is -0.679. The molecule has 1 aliphatic heterocycles. The molecule has 1 saturated heterocycles. The van der Waals surface area contributed by atoms with Crippen LogP contribution in [0.4, 0.5) is 13.2 Å². The fourth-order valence-corrected chi connectivity index (χ4v) is 3.92. The Kier molecular flexibility index (Phi) is 5.65. The lowest BCUT2D eigenvalue weighted by molar-refractivity contribution is -0.139. The molecular formula is C12H16ClF3N2O2S. The minimum atomic E-state index is -4.69. The smallest absolute Gasteiger partial charge is 0.312 e. The van der Waals surface area contributed by atoms with Gasteiger partial charge in [-0.25, -0.2) is 8.42 Å². The minimum absolute atomic E-state index is 0. The van der Waals surface area contributed by atoms with Crippen molar-refractivity contribution in [3.05, 3.63) is 29.8 Å². The lowest BCUT2D eigenvalue weighted by atomic mass is 10.2. The summed E-state index contributed by atoms with van der Waals surface area (Å²) in [5, 5.41) is 3.05. The van der Waals surface area contributed by atoms with E-state index >= 15 is 0 Å². The van der Waals surface area contributed by atoms with Gasteiger partial charge in [-0.3, -0.25) is 0 Å². The highest BCUT2D eigenvalue weighted by atomic mass is 35.5. The van der Waals surface area contributed by atoms with Gasteiger partial charge in [0.15, 0.2) is 0 Å². The highest BCUT2D eigenvalue weighted by Crippen LogP contribution is 2.35. The Morgan fingerprint density at radius 2 is 1.90 bits per heavy atom. The molecule has 21 heavy (non-hydrogen) atoms. The van der Waals surface area contributed by atoms with Gasteiger partial charge in [0.2, 0.25) is 10.0 Å². The van der Waals surface area contributed by atoms with Crippen LogP contribution in [0.15, 0.2) is 29.2 Å². The molecule has 0 amide bonds. The summed E-state index contributed by atoms with van der Waals surface area (Å²) in [6, 6.07) is 4.19. The summed E-state index contributed by atoms with van der Waals surface area (Å²) >= 11 is 0. The second-order valence-electron chi connectivity index (χ2n) is 4.71. The van der Waals surface area contributed by atoms with Crippen LogP contribution >= 0.6 is 12.4 Å². The maximum atomic E-state index is 12.9. The fraction of sp³-hybridized carbons (Fsp3) is 0.500. The molecule has 1 atom stereocenters. The van der Waals surface area contributed by atoms with E-state index in [-0.39, 0.29) is 31.5 Å². The van der Waals surface area contributed by atoms with E-state index in [1.54, 1.807) is 6.92 Å². The zero-order valence-corrected chi connectivity index (χ0v) is 12.9. The Morgan fingerprint density at radius 1 is 1.29 bits per heavy atom. The molecule has 9 heteroatoms. The molecule has 1 N–H and O–H groups in total. The maximum absolute atomic E-state index is 12.9.